The van der Waals surface area contributed by atoms with Crippen LogP contribution in [0.1, 0.15) is 50.5 Å². The van der Waals surface area contributed by atoms with Gasteiger partial charge in [0.25, 0.3) is 0 Å². The predicted molar refractivity (Wildman–Crippen MR) is 86.3 cm³/mol. The quantitative estimate of drug-likeness (QED) is 0.751. The molecule has 2 rings (SSSR count). The van der Waals surface area contributed by atoms with E-state index in [-0.39, 0.29) is 24.0 Å². The summed E-state index contributed by atoms with van der Waals surface area (Å²) >= 11 is 0. The Hall–Kier alpha value is -1.98. The van der Waals surface area contributed by atoms with Gasteiger partial charge in [0.1, 0.15) is 11.5 Å². The smallest absolute Gasteiger partial charge is 0.315 e. The topological polar surface area (TPSA) is 91.6 Å². The fraction of sp³-hybridized carbons (Fsp3) is 0.647. The van der Waals surface area contributed by atoms with Gasteiger partial charge in [-0.05, 0) is 58.1 Å². The Labute approximate surface area is 136 Å². The molecule has 6 nitrogen and oxygen atoms in total. The van der Waals surface area contributed by atoms with Crippen molar-refractivity contribution in [3.8, 4) is 0 Å². The molecule has 1 aliphatic carbocycles. The number of carbonyl (C=O) groups is 2. The molecule has 23 heavy (non-hydrogen) atoms. The van der Waals surface area contributed by atoms with Gasteiger partial charge >= 0.3 is 12.0 Å². The predicted octanol–water partition coefficient (Wildman–Crippen LogP) is 2.85. The van der Waals surface area contributed by atoms with Crippen molar-refractivity contribution in [1.29, 1.82) is 0 Å². The summed E-state index contributed by atoms with van der Waals surface area (Å²) in [4.78, 5) is 22.9. The zero-order valence-electron chi connectivity index (χ0n) is 13.8. The number of hydrogen-bond acceptors (Lipinski definition) is 3. The van der Waals surface area contributed by atoms with E-state index in [1.165, 1.54) is 0 Å². The second kappa shape index (κ2) is 8.04. The van der Waals surface area contributed by atoms with Gasteiger partial charge in [-0.3, -0.25) is 4.79 Å². The maximum Gasteiger partial charge on any atom is 0.315 e. The SMILES string of the molecule is Cc1ccc(CCC(C)NC(=O)NC2CCC(C(=O)O)CC2)o1. The molecule has 128 valence electrons. The van der Waals surface area contributed by atoms with E-state index in [1.807, 2.05) is 26.0 Å². The first-order chi connectivity index (χ1) is 10.9. The Bertz CT molecular complexity index is 532. The maximum absolute atomic E-state index is 12.0. The molecule has 1 aromatic rings. The molecule has 1 heterocycles. The van der Waals surface area contributed by atoms with Crippen molar-refractivity contribution in [1.82, 2.24) is 10.6 Å². The lowest BCUT2D eigenvalue weighted by Gasteiger charge is -2.27. The molecule has 1 aromatic heterocycles. The van der Waals surface area contributed by atoms with Crippen LogP contribution in [0.5, 0.6) is 0 Å². The lowest BCUT2D eigenvalue weighted by Crippen LogP contribution is -2.46. The van der Waals surface area contributed by atoms with Gasteiger partial charge in [-0.15, -0.1) is 0 Å². The first-order valence-electron chi connectivity index (χ1n) is 8.29. The van der Waals surface area contributed by atoms with Crippen LogP contribution in [0, 0.1) is 12.8 Å². The summed E-state index contributed by atoms with van der Waals surface area (Å²) in [6, 6.07) is 3.85. The van der Waals surface area contributed by atoms with Crippen LogP contribution in [-0.2, 0) is 11.2 Å². The van der Waals surface area contributed by atoms with Crippen LogP contribution in [0.15, 0.2) is 16.5 Å². The van der Waals surface area contributed by atoms with Gasteiger partial charge in [-0.1, -0.05) is 0 Å². The molecule has 0 radical (unpaired) electrons. The molecule has 0 spiro atoms. The van der Waals surface area contributed by atoms with Gasteiger partial charge < -0.3 is 20.2 Å². The molecule has 3 N–H and O–H groups in total. The summed E-state index contributed by atoms with van der Waals surface area (Å²) in [6.07, 6.45) is 4.32. The Morgan fingerprint density at radius 2 is 2.00 bits per heavy atom. The highest BCUT2D eigenvalue weighted by atomic mass is 16.4. The first kappa shape index (κ1) is 17.4. The van der Waals surface area contributed by atoms with Crippen LogP contribution in [0.3, 0.4) is 0 Å². The molecule has 0 aliphatic heterocycles. The highest BCUT2D eigenvalue weighted by Gasteiger charge is 2.26. The highest BCUT2D eigenvalue weighted by Crippen LogP contribution is 2.24. The van der Waals surface area contributed by atoms with E-state index in [0.29, 0.717) is 12.8 Å². The van der Waals surface area contributed by atoms with E-state index in [2.05, 4.69) is 10.6 Å². The van der Waals surface area contributed by atoms with Gasteiger partial charge in [0.15, 0.2) is 0 Å². The lowest BCUT2D eigenvalue weighted by atomic mass is 9.86. The number of urea groups is 1. The third-order valence-electron chi connectivity index (χ3n) is 4.41. The number of aryl methyl sites for hydroxylation is 2. The molecule has 1 fully saturated rings. The number of nitrogens with one attached hydrogen (secondary N) is 2. The van der Waals surface area contributed by atoms with E-state index in [0.717, 1.165) is 37.2 Å². The number of furan rings is 1. The second-order valence-corrected chi connectivity index (χ2v) is 6.46. The standard InChI is InChI=1S/C17H26N2O4/c1-11(3-9-15-10-4-12(2)23-15)18-17(22)19-14-7-5-13(6-8-14)16(20)21/h4,10-11,13-14H,3,5-9H2,1-2H3,(H,20,21)(H2,18,19,22). The first-order valence-corrected chi connectivity index (χ1v) is 8.29. The van der Waals surface area contributed by atoms with Crippen molar-refractivity contribution in [2.24, 2.45) is 5.92 Å². The van der Waals surface area contributed by atoms with E-state index in [4.69, 9.17) is 9.52 Å². The molecule has 1 saturated carbocycles. The van der Waals surface area contributed by atoms with E-state index < -0.39 is 5.97 Å². The Kier molecular flexibility index (Phi) is 6.07. The Morgan fingerprint density at radius 1 is 1.30 bits per heavy atom. The van der Waals surface area contributed by atoms with Crippen molar-refractivity contribution in [3.05, 3.63) is 23.7 Å². The van der Waals surface area contributed by atoms with Crippen LogP contribution in [-0.4, -0.2) is 29.2 Å². The van der Waals surface area contributed by atoms with Crippen molar-refractivity contribution >= 4 is 12.0 Å². The number of carbonyl (C=O) groups excluding carboxylic acids is 1. The summed E-state index contributed by atoms with van der Waals surface area (Å²) < 4.78 is 5.51. The number of aliphatic carboxylic acids is 1. The molecule has 0 aromatic carbocycles. The largest absolute Gasteiger partial charge is 0.481 e. The second-order valence-electron chi connectivity index (χ2n) is 6.46. The number of amides is 2. The average molecular weight is 322 g/mol. The maximum atomic E-state index is 12.0. The fourth-order valence-electron chi connectivity index (χ4n) is 2.99. The third-order valence-corrected chi connectivity index (χ3v) is 4.41. The third kappa shape index (κ3) is 5.62. The van der Waals surface area contributed by atoms with Crippen molar-refractivity contribution < 1.29 is 19.1 Å². The summed E-state index contributed by atoms with van der Waals surface area (Å²) in [5.74, 6) is 0.848. The summed E-state index contributed by atoms with van der Waals surface area (Å²) in [6.45, 7) is 3.88. The van der Waals surface area contributed by atoms with Crippen molar-refractivity contribution in [3.63, 3.8) is 0 Å². The number of carboxylic acids is 1. The molecule has 1 aliphatic rings. The van der Waals surface area contributed by atoms with Gasteiger partial charge in [0.05, 0.1) is 5.92 Å². The van der Waals surface area contributed by atoms with Gasteiger partial charge in [0.2, 0.25) is 0 Å². The van der Waals surface area contributed by atoms with Crippen molar-refractivity contribution in [2.45, 2.75) is 64.5 Å². The summed E-state index contributed by atoms with van der Waals surface area (Å²) in [7, 11) is 0. The van der Waals surface area contributed by atoms with Gasteiger partial charge in [-0.2, -0.15) is 0 Å². The highest BCUT2D eigenvalue weighted by molar-refractivity contribution is 5.74. The Balaban J connectivity index is 1.65. The molecular formula is C17H26N2O4. The van der Waals surface area contributed by atoms with Crippen LogP contribution in [0.25, 0.3) is 0 Å². The Morgan fingerprint density at radius 3 is 2.57 bits per heavy atom. The molecule has 1 atom stereocenters. The summed E-state index contributed by atoms with van der Waals surface area (Å²) in [5, 5.41) is 14.8. The number of carboxylic acid groups (broad SMARTS) is 1. The molecular weight excluding hydrogens is 296 g/mol. The summed E-state index contributed by atoms with van der Waals surface area (Å²) in [5.41, 5.74) is 0. The van der Waals surface area contributed by atoms with Crippen LogP contribution in [0.2, 0.25) is 0 Å². The molecule has 1 unspecified atom stereocenters. The minimum atomic E-state index is -0.727. The molecule has 0 saturated heterocycles. The fourth-order valence-corrected chi connectivity index (χ4v) is 2.99. The molecule has 0 bridgehead atoms. The van der Waals surface area contributed by atoms with E-state index in [9.17, 15) is 9.59 Å². The lowest BCUT2D eigenvalue weighted by molar-refractivity contribution is -0.142. The minimum Gasteiger partial charge on any atom is -0.481 e. The van der Waals surface area contributed by atoms with Gasteiger partial charge in [0, 0.05) is 18.5 Å². The zero-order chi connectivity index (χ0) is 16.8. The number of rotatable bonds is 6. The van der Waals surface area contributed by atoms with Crippen LogP contribution < -0.4 is 10.6 Å². The van der Waals surface area contributed by atoms with Gasteiger partial charge in [-0.25, -0.2) is 4.79 Å². The normalized spacial score (nSPS) is 22.3. The van der Waals surface area contributed by atoms with E-state index in [1.54, 1.807) is 0 Å². The molecule has 6 heteroatoms. The molecule has 2 amide bonds. The van der Waals surface area contributed by atoms with E-state index >= 15 is 0 Å². The van der Waals surface area contributed by atoms with Crippen molar-refractivity contribution in [2.75, 3.05) is 0 Å². The number of hydrogen-bond donors (Lipinski definition) is 3. The minimum absolute atomic E-state index is 0.0516. The zero-order valence-corrected chi connectivity index (χ0v) is 13.8. The van der Waals surface area contributed by atoms with Crippen LogP contribution >= 0.6 is 0 Å². The average Bonchev–Trinajstić information content (AvgIpc) is 2.91. The monoisotopic (exact) mass is 322 g/mol. The van der Waals surface area contributed by atoms with Crippen LogP contribution in [0.4, 0.5) is 4.79 Å².